The highest BCUT2D eigenvalue weighted by Crippen LogP contribution is 2.22. The fraction of sp³-hybridized carbons (Fsp3) is 0.909. The van der Waals surface area contributed by atoms with Crippen molar-refractivity contribution in [3.63, 3.8) is 0 Å². The molecule has 2 atom stereocenters. The Morgan fingerprint density at radius 1 is 1.47 bits per heavy atom. The lowest BCUT2D eigenvalue weighted by atomic mass is 10.1. The normalized spacial score (nSPS) is 24.2. The van der Waals surface area contributed by atoms with Crippen molar-refractivity contribution in [2.45, 2.75) is 38.2 Å². The number of nitrogens with one attached hydrogen (secondary N) is 1. The smallest absolute Gasteiger partial charge is 0.261 e. The zero-order chi connectivity index (χ0) is 12.7. The number of nitrogens with two attached hydrogens (primary N) is 1. The zero-order valence-corrected chi connectivity index (χ0v) is 9.83. The minimum Gasteiger partial charge on any atom is -0.375 e. The van der Waals surface area contributed by atoms with E-state index in [2.05, 4.69) is 10.1 Å². The van der Waals surface area contributed by atoms with Gasteiger partial charge in [-0.1, -0.05) is 0 Å². The number of carbonyl (C=O) groups excluding carboxylic acids is 1. The lowest BCUT2D eigenvalue weighted by Crippen LogP contribution is -2.30. The largest absolute Gasteiger partial charge is 0.375 e. The Hall–Kier alpha value is -0.750. The van der Waals surface area contributed by atoms with E-state index in [0.29, 0.717) is 12.5 Å². The molecule has 6 heteroatoms. The first kappa shape index (κ1) is 14.3. The summed E-state index contributed by atoms with van der Waals surface area (Å²) in [6.45, 7) is 0.0620. The average Bonchev–Trinajstić information content (AvgIpc) is 2.67. The van der Waals surface area contributed by atoms with Crippen molar-refractivity contribution >= 4 is 5.91 Å². The summed E-state index contributed by atoms with van der Waals surface area (Å²) >= 11 is 0. The third-order valence-corrected chi connectivity index (χ3v) is 2.89. The highest BCUT2D eigenvalue weighted by Gasteiger charge is 2.21. The van der Waals surface area contributed by atoms with E-state index in [1.54, 1.807) is 0 Å². The lowest BCUT2D eigenvalue weighted by Gasteiger charge is -2.11. The second-order valence-electron chi connectivity index (χ2n) is 4.46. The van der Waals surface area contributed by atoms with Crippen molar-refractivity contribution in [3.8, 4) is 0 Å². The highest BCUT2D eigenvalue weighted by atomic mass is 19.3. The van der Waals surface area contributed by atoms with Crippen molar-refractivity contribution in [2.75, 3.05) is 19.8 Å². The number of hydrogen-bond donors (Lipinski definition) is 2. The van der Waals surface area contributed by atoms with Gasteiger partial charge < -0.3 is 15.8 Å². The Bertz CT molecular complexity index is 240. The van der Waals surface area contributed by atoms with Crippen LogP contribution in [0.1, 0.15) is 25.7 Å². The monoisotopic (exact) mass is 250 g/mol. The fourth-order valence-electron chi connectivity index (χ4n) is 1.98. The summed E-state index contributed by atoms with van der Waals surface area (Å²) < 4.78 is 28.0. The summed E-state index contributed by atoms with van der Waals surface area (Å²) in [5, 5.41) is 2.77. The van der Waals surface area contributed by atoms with Gasteiger partial charge in [0.05, 0.1) is 6.61 Å². The Morgan fingerprint density at radius 3 is 2.82 bits per heavy atom. The number of rotatable bonds is 7. The summed E-state index contributed by atoms with van der Waals surface area (Å²) in [6.07, 6.45) is 0.660. The zero-order valence-electron chi connectivity index (χ0n) is 9.83. The quantitative estimate of drug-likeness (QED) is 0.660. The van der Waals surface area contributed by atoms with Crippen LogP contribution in [0.2, 0.25) is 0 Å². The van der Waals surface area contributed by atoms with Gasteiger partial charge in [-0.2, -0.15) is 0 Å². The van der Waals surface area contributed by atoms with Crippen LogP contribution in [0.15, 0.2) is 0 Å². The number of carbonyl (C=O) groups is 1. The molecule has 0 heterocycles. The van der Waals surface area contributed by atoms with E-state index in [1.807, 2.05) is 0 Å². The topological polar surface area (TPSA) is 64.3 Å². The standard InChI is InChI=1S/C11H20F2N2O2/c12-10(13)7-17-4-3-11(16)15-6-8-1-2-9(14)5-8/h8-10H,1-7,14H2,(H,15,16). The summed E-state index contributed by atoms with van der Waals surface area (Å²) in [4.78, 5) is 11.3. The van der Waals surface area contributed by atoms with Gasteiger partial charge in [-0.3, -0.25) is 4.79 Å². The number of halogens is 2. The van der Waals surface area contributed by atoms with Crippen LogP contribution in [0, 0.1) is 5.92 Å². The first-order chi connectivity index (χ1) is 8.08. The molecular weight excluding hydrogens is 230 g/mol. The van der Waals surface area contributed by atoms with Gasteiger partial charge in [0.2, 0.25) is 5.91 Å². The predicted octanol–water partition coefficient (Wildman–Crippen LogP) is 0.902. The van der Waals surface area contributed by atoms with Crippen LogP contribution in [0.4, 0.5) is 8.78 Å². The average molecular weight is 250 g/mol. The van der Waals surface area contributed by atoms with E-state index in [0.717, 1.165) is 19.3 Å². The maximum atomic E-state index is 11.7. The molecule has 0 radical (unpaired) electrons. The molecule has 17 heavy (non-hydrogen) atoms. The van der Waals surface area contributed by atoms with Crippen LogP contribution in [0.5, 0.6) is 0 Å². The first-order valence-corrected chi connectivity index (χ1v) is 5.96. The van der Waals surface area contributed by atoms with Crippen LogP contribution in [0.25, 0.3) is 0 Å². The molecule has 4 nitrogen and oxygen atoms in total. The molecule has 1 aliphatic carbocycles. The van der Waals surface area contributed by atoms with Gasteiger partial charge in [0.15, 0.2) is 0 Å². The molecule has 0 aliphatic heterocycles. The van der Waals surface area contributed by atoms with E-state index >= 15 is 0 Å². The molecule has 2 unspecified atom stereocenters. The van der Waals surface area contributed by atoms with E-state index in [1.165, 1.54) is 0 Å². The lowest BCUT2D eigenvalue weighted by molar-refractivity contribution is -0.122. The molecule has 1 saturated carbocycles. The molecule has 0 aromatic rings. The van der Waals surface area contributed by atoms with Gasteiger partial charge >= 0.3 is 0 Å². The van der Waals surface area contributed by atoms with E-state index in [4.69, 9.17) is 5.73 Å². The molecule has 1 rings (SSSR count). The molecule has 100 valence electrons. The molecule has 0 saturated heterocycles. The van der Waals surface area contributed by atoms with Crippen LogP contribution in [-0.4, -0.2) is 38.1 Å². The Labute approximate surface area is 99.9 Å². The molecule has 0 bridgehead atoms. The highest BCUT2D eigenvalue weighted by molar-refractivity contribution is 5.75. The van der Waals surface area contributed by atoms with E-state index in [9.17, 15) is 13.6 Å². The molecular formula is C11H20F2N2O2. The van der Waals surface area contributed by atoms with E-state index in [-0.39, 0.29) is 25.0 Å². The van der Waals surface area contributed by atoms with Crippen molar-refractivity contribution in [1.82, 2.24) is 5.32 Å². The van der Waals surface area contributed by atoms with Crippen molar-refractivity contribution in [1.29, 1.82) is 0 Å². The van der Waals surface area contributed by atoms with Crippen molar-refractivity contribution < 1.29 is 18.3 Å². The van der Waals surface area contributed by atoms with Crippen molar-refractivity contribution in [3.05, 3.63) is 0 Å². The number of ether oxygens (including phenoxy) is 1. The first-order valence-electron chi connectivity index (χ1n) is 5.96. The maximum absolute atomic E-state index is 11.7. The predicted molar refractivity (Wildman–Crippen MR) is 59.8 cm³/mol. The Balaban J connectivity index is 1.98. The molecule has 0 aromatic carbocycles. The molecule has 1 fully saturated rings. The van der Waals surface area contributed by atoms with Crippen LogP contribution >= 0.6 is 0 Å². The second kappa shape index (κ2) is 7.55. The van der Waals surface area contributed by atoms with Gasteiger partial charge in [0, 0.05) is 19.0 Å². The summed E-state index contributed by atoms with van der Waals surface area (Å²) in [7, 11) is 0. The van der Waals surface area contributed by atoms with E-state index < -0.39 is 13.0 Å². The molecule has 1 aliphatic rings. The second-order valence-corrected chi connectivity index (χ2v) is 4.46. The SMILES string of the molecule is NC1CCC(CNC(=O)CCOCC(F)F)C1. The van der Waals surface area contributed by atoms with Gasteiger partial charge in [0.1, 0.15) is 6.61 Å². The summed E-state index contributed by atoms with van der Waals surface area (Å²) in [6, 6.07) is 0.256. The number of hydrogen-bond acceptors (Lipinski definition) is 3. The molecule has 1 amide bonds. The van der Waals surface area contributed by atoms with Crippen LogP contribution in [0.3, 0.4) is 0 Å². The molecule has 0 spiro atoms. The van der Waals surface area contributed by atoms with Gasteiger partial charge in [-0.05, 0) is 25.2 Å². The summed E-state index contributed by atoms with van der Waals surface area (Å²) in [5.41, 5.74) is 5.75. The van der Waals surface area contributed by atoms with Gasteiger partial charge in [-0.15, -0.1) is 0 Å². The molecule has 0 aromatic heterocycles. The van der Waals surface area contributed by atoms with Gasteiger partial charge in [0.25, 0.3) is 6.43 Å². The van der Waals surface area contributed by atoms with Crippen LogP contribution in [-0.2, 0) is 9.53 Å². The molecule has 3 N–H and O–H groups in total. The summed E-state index contributed by atoms with van der Waals surface area (Å²) in [5.74, 6) is 0.302. The Kier molecular flexibility index (Phi) is 6.36. The minimum absolute atomic E-state index is 0.0420. The number of amides is 1. The fourth-order valence-corrected chi connectivity index (χ4v) is 1.98. The van der Waals surface area contributed by atoms with Crippen LogP contribution < -0.4 is 11.1 Å². The number of alkyl halides is 2. The van der Waals surface area contributed by atoms with Crippen molar-refractivity contribution in [2.24, 2.45) is 11.7 Å². The Morgan fingerprint density at radius 2 is 2.24 bits per heavy atom. The minimum atomic E-state index is -2.47. The third kappa shape index (κ3) is 6.53. The maximum Gasteiger partial charge on any atom is 0.261 e. The third-order valence-electron chi connectivity index (χ3n) is 2.89. The van der Waals surface area contributed by atoms with Gasteiger partial charge in [-0.25, -0.2) is 8.78 Å².